The van der Waals surface area contributed by atoms with E-state index < -0.39 is 51.1 Å². The second-order valence-electron chi connectivity index (χ2n) is 10.2. The number of benzene rings is 2. The fourth-order valence-corrected chi connectivity index (χ4v) is 8.76. The normalized spacial score (nSPS) is 33.7. The molecule has 202 valence electrons. The van der Waals surface area contributed by atoms with E-state index in [1.54, 1.807) is 36.4 Å². The van der Waals surface area contributed by atoms with Crippen LogP contribution in [0.4, 0.5) is 5.69 Å². The van der Waals surface area contributed by atoms with Gasteiger partial charge in [0, 0.05) is 20.4 Å². The van der Waals surface area contributed by atoms with E-state index in [1.165, 1.54) is 11.0 Å². The van der Waals surface area contributed by atoms with E-state index >= 15 is 0 Å². The lowest BCUT2D eigenvalue weighted by Crippen LogP contribution is -2.60. The number of amides is 4. The molecule has 6 rings (SSSR count). The highest BCUT2D eigenvalue weighted by Gasteiger charge is 2.76. The van der Waals surface area contributed by atoms with Crippen LogP contribution in [0.25, 0.3) is 0 Å². The molecule has 4 amide bonds. The number of rotatable bonds is 3. The van der Waals surface area contributed by atoms with Gasteiger partial charge in [0.1, 0.15) is 5.75 Å². The molecule has 0 spiro atoms. The van der Waals surface area contributed by atoms with Gasteiger partial charge in [-0.2, -0.15) is 0 Å². The molecule has 2 saturated heterocycles. The first-order valence-electron chi connectivity index (χ1n) is 12.1. The molecule has 0 unspecified atom stereocenters. The number of carbonyl (C=O) groups excluding carboxylic acids is 4. The lowest BCUT2D eigenvalue weighted by Gasteiger charge is -2.50. The maximum atomic E-state index is 14.0. The van der Waals surface area contributed by atoms with Crippen LogP contribution < -0.4 is 4.90 Å². The van der Waals surface area contributed by atoms with Gasteiger partial charge in [-0.15, -0.1) is 23.2 Å². The van der Waals surface area contributed by atoms with Gasteiger partial charge in [0.05, 0.1) is 23.0 Å². The number of nitrogens with zero attached hydrogens (tertiary/aromatic N) is 2. The van der Waals surface area contributed by atoms with Crippen molar-refractivity contribution in [3.05, 3.63) is 68.6 Å². The Morgan fingerprint density at radius 3 is 2.26 bits per heavy atom. The predicted molar refractivity (Wildman–Crippen MR) is 156 cm³/mol. The Balaban J connectivity index is 1.53. The molecule has 39 heavy (non-hydrogen) atoms. The molecule has 2 aliphatic carbocycles. The van der Waals surface area contributed by atoms with Gasteiger partial charge < -0.3 is 5.11 Å². The molecule has 0 aromatic heterocycles. The second-order valence-corrected chi connectivity index (χ2v) is 13.8. The van der Waals surface area contributed by atoms with Gasteiger partial charge in [-0.1, -0.05) is 59.4 Å². The van der Waals surface area contributed by atoms with Crippen LogP contribution in [-0.2, 0) is 19.2 Å². The van der Waals surface area contributed by atoms with Crippen LogP contribution in [0.2, 0.25) is 0 Å². The van der Waals surface area contributed by atoms with Crippen molar-refractivity contribution in [2.45, 2.75) is 28.5 Å². The zero-order valence-electron chi connectivity index (χ0n) is 19.9. The third-order valence-electron chi connectivity index (χ3n) is 8.40. The van der Waals surface area contributed by atoms with Crippen molar-refractivity contribution in [3.8, 4) is 5.75 Å². The number of hydrogen-bond acceptors (Lipinski definition) is 5. The summed E-state index contributed by atoms with van der Waals surface area (Å²) in [5, 5.41) is 11.0. The van der Waals surface area contributed by atoms with Crippen LogP contribution in [0.3, 0.4) is 0 Å². The first-order valence-corrected chi connectivity index (χ1v) is 15.5. The molecule has 7 nitrogen and oxygen atoms in total. The molecule has 0 radical (unpaired) electrons. The summed E-state index contributed by atoms with van der Waals surface area (Å²) in [6, 6.07) is 11.6. The molecule has 1 saturated carbocycles. The lowest BCUT2D eigenvalue weighted by molar-refractivity contribution is -0.138. The van der Waals surface area contributed by atoms with Gasteiger partial charge >= 0.3 is 0 Å². The van der Waals surface area contributed by atoms with E-state index in [9.17, 15) is 24.3 Å². The van der Waals surface area contributed by atoms with E-state index in [0.717, 1.165) is 9.37 Å². The van der Waals surface area contributed by atoms with E-state index in [2.05, 4.69) is 47.8 Å². The minimum absolute atomic E-state index is 0.114. The summed E-state index contributed by atoms with van der Waals surface area (Å²) >= 11 is 24.4. The number of alkyl halides is 3. The molecule has 2 aliphatic heterocycles. The number of aromatic hydroxyl groups is 1. The van der Waals surface area contributed by atoms with Crippen molar-refractivity contribution in [2.75, 3.05) is 10.4 Å². The molecule has 12 heteroatoms. The molecular weight excluding hydrogens is 743 g/mol. The fraction of sp³-hybridized carbons (Fsp3) is 0.333. The van der Waals surface area contributed by atoms with E-state index in [1.807, 2.05) is 6.08 Å². The third kappa shape index (κ3) is 3.64. The highest BCUT2D eigenvalue weighted by Crippen LogP contribution is 2.66. The Bertz CT molecular complexity index is 1500. The van der Waals surface area contributed by atoms with Crippen LogP contribution in [0.1, 0.15) is 24.3 Å². The van der Waals surface area contributed by atoms with Crippen molar-refractivity contribution in [3.63, 3.8) is 0 Å². The van der Waals surface area contributed by atoms with Gasteiger partial charge in [-0.25, -0.2) is 0 Å². The number of halogens is 5. The average Bonchev–Trinajstić information content (AvgIpc) is 3.24. The van der Waals surface area contributed by atoms with Crippen LogP contribution >= 0.6 is 71.0 Å². The molecule has 3 fully saturated rings. The lowest BCUT2D eigenvalue weighted by atomic mass is 9.56. The quantitative estimate of drug-likeness (QED) is 0.184. The highest BCUT2D eigenvalue weighted by atomic mass is 79.9. The summed E-state index contributed by atoms with van der Waals surface area (Å²) in [7, 11) is 0. The van der Waals surface area contributed by atoms with Gasteiger partial charge in [0.15, 0.2) is 9.75 Å². The smallest absolute Gasteiger partial charge is 0.254 e. The van der Waals surface area contributed by atoms with E-state index in [-0.39, 0.29) is 30.0 Å². The van der Waals surface area contributed by atoms with Gasteiger partial charge in [-0.3, -0.25) is 29.0 Å². The zero-order valence-corrected chi connectivity index (χ0v) is 26.2. The maximum Gasteiger partial charge on any atom is 0.254 e. The van der Waals surface area contributed by atoms with Crippen LogP contribution in [0.15, 0.2) is 63.1 Å². The summed E-state index contributed by atoms with van der Waals surface area (Å²) < 4.78 is 1.42. The molecule has 6 atom stereocenters. The van der Waals surface area contributed by atoms with Crippen LogP contribution in [0.5, 0.6) is 5.75 Å². The first-order chi connectivity index (χ1) is 18.5. The minimum atomic E-state index is -1.97. The summed E-state index contributed by atoms with van der Waals surface area (Å²) in [5.41, 5.74) is 1.26. The summed E-state index contributed by atoms with van der Waals surface area (Å²) in [6.45, 7) is 0. The van der Waals surface area contributed by atoms with Crippen LogP contribution in [-0.4, -0.2) is 48.8 Å². The first kappa shape index (κ1) is 27.4. The number of phenolic OH excluding ortho intramolecular Hbond substituents is 1. The molecular formula is C27H19Br3Cl2N2O5. The summed E-state index contributed by atoms with van der Waals surface area (Å²) in [4.78, 5) is 53.2. The van der Waals surface area contributed by atoms with Crippen molar-refractivity contribution in [1.82, 2.24) is 4.90 Å². The van der Waals surface area contributed by atoms with Crippen molar-refractivity contribution < 1.29 is 24.3 Å². The minimum Gasteiger partial charge on any atom is -0.508 e. The molecule has 1 N–H and O–H groups in total. The Kier molecular flexibility index (Phi) is 6.62. The second kappa shape index (κ2) is 9.41. The third-order valence-corrected chi connectivity index (χ3v) is 11.3. The largest absolute Gasteiger partial charge is 0.508 e. The molecule has 2 aromatic rings. The SMILES string of the molecule is O=C1[C@H]2[C@H](CC=C3[C@H]2C[C@@]2(Cl)C(=O)N(CBr)C(=O)[C@@]2(Cl)[C@H]3c2cc(Br)ccc2O)C(=O)N1c1ccc(Br)cc1. The molecule has 2 heterocycles. The number of likely N-dealkylation sites (tertiary alicyclic amines) is 1. The Morgan fingerprint density at radius 1 is 0.923 bits per heavy atom. The van der Waals surface area contributed by atoms with Crippen molar-refractivity contribution >= 4 is 100 Å². The monoisotopic (exact) mass is 758 g/mol. The van der Waals surface area contributed by atoms with Crippen molar-refractivity contribution in [1.29, 1.82) is 0 Å². The standard InChI is InChI=1S/C27H19Br3Cl2N2O5/c28-11-33-24(38)26(31)10-18-15(21(27(26,32)25(33)39)17-9-13(30)3-8-19(17)35)6-7-16-20(18)23(37)34(22(16)36)14-4-1-12(29)2-5-14/h1-6,8-9,16,18,20-21,35H,7,10-11H2/t16-,18+,20-,21+,26+,27-/m0/s1. The van der Waals surface area contributed by atoms with Gasteiger partial charge in [0.2, 0.25) is 11.8 Å². The Labute approximate surface area is 258 Å². The summed E-state index contributed by atoms with van der Waals surface area (Å²) in [5.74, 6) is -5.37. The molecule has 0 bridgehead atoms. The number of imide groups is 2. The number of phenols is 1. The number of carbonyl (C=O) groups is 4. The number of allylic oxidation sites excluding steroid dienone is 2. The van der Waals surface area contributed by atoms with Crippen LogP contribution in [0, 0.1) is 17.8 Å². The van der Waals surface area contributed by atoms with Gasteiger partial charge in [-0.05, 0) is 61.2 Å². The highest BCUT2D eigenvalue weighted by molar-refractivity contribution is 9.10. The molecule has 4 aliphatic rings. The van der Waals surface area contributed by atoms with Crippen molar-refractivity contribution in [2.24, 2.45) is 17.8 Å². The van der Waals surface area contributed by atoms with Gasteiger partial charge in [0.25, 0.3) is 11.8 Å². The maximum absolute atomic E-state index is 14.0. The summed E-state index contributed by atoms with van der Waals surface area (Å²) in [6.07, 6.45) is 1.96. The number of hydrogen-bond donors (Lipinski definition) is 1. The average molecular weight is 762 g/mol. The number of anilines is 1. The predicted octanol–water partition coefficient (Wildman–Crippen LogP) is 5.83. The Morgan fingerprint density at radius 2 is 1.59 bits per heavy atom. The topological polar surface area (TPSA) is 95.0 Å². The fourth-order valence-electron chi connectivity index (χ4n) is 6.70. The van der Waals surface area contributed by atoms with E-state index in [4.69, 9.17) is 23.2 Å². The Hall–Kier alpha value is -1.72. The number of fused-ring (bicyclic) bond motifs is 4. The van der Waals surface area contributed by atoms with E-state index in [0.29, 0.717) is 21.3 Å². The molecule has 2 aromatic carbocycles. The zero-order chi connectivity index (χ0) is 28.0.